The van der Waals surface area contributed by atoms with Crippen LogP contribution in [-0.4, -0.2) is 5.97 Å². The van der Waals surface area contributed by atoms with Crippen molar-refractivity contribution < 1.29 is 9.53 Å². The Morgan fingerprint density at radius 3 is 1.53 bits per heavy atom. The highest BCUT2D eigenvalue weighted by Crippen LogP contribution is 2.20. The van der Waals surface area contributed by atoms with Crippen LogP contribution in [0.1, 0.15) is 179 Å². The quantitative estimate of drug-likeness (QED) is 0.0882. The minimum Gasteiger partial charge on any atom is -0.461 e. The Balaban J connectivity index is 2.29. The number of ether oxygens (including phenoxy) is 1. The smallest absolute Gasteiger partial charge is 0.306 e. The van der Waals surface area contributed by atoms with Gasteiger partial charge in [0.05, 0.1) is 0 Å². The predicted octanol–water partition coefficient (Wildman–Crippen LogP) is 11.7. The molecular formula is C36H64O2. The number of aryl methyl sites for hydroxylation is 2. The molecule has 0 radical (unpaired) electrons. The van der Waals surface area contributed by atoms with Gasteiger partial charge in [0.25, 0.3) is 0 Å². The molecule has 2 nitrogen and oxygen atoms in total. The molecule has 0 aliphatic carbocycles. The molecular weight excluding hydrogens is 464 g/mol. The number of carbonyl (C=O) groups is 1. The Bertz CT molecular complexity index is 650. The molecule has 1 rings (SSSR count). The SMILES string of the molecule is CCCCCCCCCC[C@@H](C)CCCCC(=O)OCc1cc(CCCCCC)cc(CCCCCC)c1. The van der Waals surface area contributed by atoms with Crippen molar-refractivity contribution in [2.45, 2.75) is 182 Å². The molecule has 0 unspecified atom stereocenters. The van der Waals surface area contributed by atoms with Crippen LogP contribution in [0.25, 0.3) is 0 Å². The zero-order valence-corrected chi connectivity index (χ0v) is 26.1. The van der Waals surface area contributed by atoms with E-state index in [4.69, 9.17) is 4.74 Å². The molecule has 0 saturated carbocycles. The minimum atomic E-state index is -0.0291. The summed E-state index contributed by atoms with van der Waals surface area (Å²) in [5.41, 5.74) is 4.02. The topological polar surface area (TPSA) is 26.3 Å². The fourth-order valence-corrected chi connectivity index (χ4v) is 5.49. The molecule has 0 aliphatic rings. The van der Waals surface area contributed by atoms with Gasteiger partial charge >= 0.3 is 5.97 Å². The molecule has 38 heavy (non-hydrogen) atoms. The summed E-state index contributed by atoms with van der Waals surface area (Å²) in [6.07, 6.45) is 29.0. The predicted molar refractivity (Wildman–Crippen MR) is 167 cm³/mol. The fourth-order valence-electron chi connectivity index (χ4n) is 5.49. The van der Waals surface area contributed by atoms with Gasteiger partial charge in [0, 0.05) is 6.42 Å². The Morgan fingerprint density at radius 1 is 0.579 bits per heavy atom. The molecule has 0 aromatic heterocycles. The molecule has 0 bridgehead atoms. The number of unbranched alkanes of at least 4 members (excludes halogenated alkanes) is 14. The Labute approximate surface area is 238 Å². The standard InChI is InChI=1S/C36H64O2/c1-5-8-11-14-15-16-17-18-23-32(4)24-21-22-27-36(37)38-31-35-29-33(25-19-12-9-6-2)28-34(30-35)26-20-13-10-7-3/h28-30,32H,5-27,31H2,1-4H3/t32-/m1/s1. The zero-order chi connectivity index (χ0) is 27.7. The first kappa shape index (κ1) is 34.7. The average molecular weight is 529 g/mol. The summed E-state index contributed by atoms with van der Waals surface area (Å²) in [5, 5.41) is 0. The number of benzene rings is 1. The first-order chi connectivity index (χ1) is 18.6. The maximum absolute atomic E-state index is 12.4. The van der Waals surface area contributed by atoms with Gasteiger partial charge in [-0.3, -0.25) is 4.79 Å². The summed E-state index contributed by atoms with van der Waals surface area (Å²) in [6.45, 7) is 9.63. The number of rotatable bonds is 26. The second-order valence-electron chi connectivity index (χ2n) is 12.1. The molecule has 0 N–H and O–H groups in total. The lowest BCUT2D eigenvalue weighted by atomic mass is 9.96. The van der Waals surface area contributed by atoms with Crippen LogP contribution in [0.5, 0.6) is 0 Å². The third kappa shape index (κ3) is 19.7. The van der Waals surface area contributed by atoms with Crippen LogP contribution in [0.2, 0.25) is 0 Å². The van der Waals surface area contributed by atoms with Gasteiger partial charge in [0.2, 0.25) is 0 Å². The normalized spacial score (nSPS) is 12.1. The van der Waals surface area contributed by atoms with Gasteiger partial charge in [-0.15, -0.1) is 0 Å². The summed E-state index contributed by atoms with van der Waals surface area (Å²) in [5.74, 6) is 0.750. The van der Waals surface area contributed by atoms with E-state index < -0.39 is 0 Å². The van der Waals surface area contributed by atoms with E-state index in [9.17, 15) is 4.79 Å². The van der Waals surface area contributed by atoms with Crippen LogP contribution in [0.3, 0.4) is 0 Å². The van der Waals surface area contributed by atoms with E-state index in [2.05, 4.69) is 45.9 Å². The summed E-state index contributed by atoms with van der Waals surface area (Å²) in [7, 11) is 0. The van der Waals surface area contributed by atoms with Crippen molar-refractivity contribution in [2.75, 3.05) is 0 Å². The Morgan fingerprint density at radius 2 is 1.00 bits per heavy atom. The van der Waals surface area contributed by atoms with Gasteiger partial charge in [0.15, 0.2) is 0 Å². The molecule has 0 spiro atoms. The maximum atomic E-state index is 12.4. The lowest BCUT2D eigenvalue weighted by Gasteiger charge is -2.12. The first-order valence-electron chi connectivity index (χ1n) is 16.9. The summed E-state index contributed by atoms with van der Waals surface area (Å²) >= 11 is 0. The maximum Gasteiger partial charge on any atom is 0.306 e. The summed E-state index contributed by atoms with van der Waals surface area (Å²) < 4.78 is 5.72. The van der Waals surface area contributed by atoms with Crippen LogP contribution in [-0.2, 0) is 29.0 Å². The number of hydrogen-bond donors (Lipinski definition) is 0. The molecule has 0 amide bonds. The third-order valence-electron chi connectivity index (χ3n) is 8.03. The van der Waals surface area contributed by atoms with E-state index in [0.717, 1.165) is 31.6 Å². The third-order valence-corrected chi connectivity index (χ3v) is 8.03. The average Bonchev–Trinajstić information content (AvgIpc) is 2.92. The van der Waals surface area contributed by atoms with Crippen LogP contribution in [0, 0.1) is 5.92 Å². The fraction of sp³-hybridized carbons (Fsp3) is 0.806. The van der Waals surface area contributed by atoms with Crippen LogP contribution in [0.15, 0.2) is 18.2 Å². The summed E-state index contributed by atoms with van der Waals surface area (Å²) in [4.78, 5) is 12.4. The molecule has 1 atom stereocenters. The molecule has 0 aliphatic heterocycles. The molecule has 1 aromatic carbocycles. The monoisotopic (exact) mass is 528 g/mol. The van der Waals surface area contributed by atoms with Crippen molar-refractivity contribution in [1.82, 2.24) is 0 Å². The molecule has 1 aromatic rings. The van der Waals surface area contributed by atoms with E-state index in [0.29, 0.717) is 13.0 Å². The second-order valence-corrected chi connectivity index (χ2v) is 12.1. The highest BCUT2D eigenvalue weighted by Gasteiger charge is 2.08. The molecule has 0 fully saturated rings. The minimum absolute atomic E-state index is 0.0291. The van der Waals surface area contributed by atoms with Gasteiger partial charge in [-0.1, -0.05) is 155 Å². The van der Waals surface area contributed by atoms with E-state index in [1.165, 1.54) is 132 Å². The van der Waals surface area contributed by atoms with Gasteiger partial charge in [-0.25, -0.2) is 0 Å². The Kier molecular flexibility index (Phi) is 22.6. The first-order valence-corrected chi connectivity index (χ1v) is 16.9. The van der Waals surface area contributed by atoms with Crippen molar-refractivity contribution in [1.29, 1.82) is 0 Å². The molecule has 0 saturated heterocycles. The van der Waals surface area contributed by atoms with Gasteiger partial charge in [-0.05, 0) is 54.7 Å². The van der Waals surface area contributed by atoms with E-state index in [1.807, 2.05) is 0 Å². The second kappa shape index (κ2) is 24.7. The number of hydrogen-bond acceptors (Lipinski definition) is 2. The Hall–Kier alpha value is -1.31. The molecule has 2 heteroatoms. The van der Waals surface area contributed by atoms with Crippen LogP contribution in [0.4, 0.5) is 0 Å². The van der Waals surface area contributed by atoms with Crippen LogP contribution >= 0.6 is 0 Å². The van der Waals surface area contributed by atoms with E-state index in [1.54, 1.807) is 0 Å². The zero-order valence-electron chi connectivity index (χ0n) is 26.1. The van der Waals surface area contributed by atoms with Crippen molar-refractivity contribution in [3.05, 3.63) is 34.9 Å². The van der Waals surface area contributed by atoms with Crippen LogP contribution < -0.4 is 0 Å². The highest BCUT2D eigenvalue weighted by molar-refractivity contribution is 5.69. The summed E-state index contributed by atoms with van der Waals surface area (Å²) in [6, 6.07) is 6.96. The van der Waals surface area contributed by atoms with Gasteiger partial charge in [-0.2, -0.15) is 0 Å². The van der Waals surface area contributed by atoms with E-state index >= 15 is 0 Å². The van der Waals surface area contributed by atoms with E-state index in [-0.39, 0.29) is 5.97 Å². The van der Waals surface area contributed by atoms with Crippen molar-refractivity contribution in [3.8, 4) is 0 Å². The largest absolute Gasteiger partial charge is 0.461 e. The molecule has 0 heterocycles. The lowest BCUT2D eigenvalue weighted by molar-refractivity contribution is -0.145. The number of esters is 1. The van der Waals surface area contributed by atoms with Crippen molar-refractivity contribution in [3.63, 3.8) is 0 Å². The van der Waals surface area contributed by atoms with Gasteiger partial charge in [0.1, 0.15) is 6.61 Å². The number of carbonyl (C=O) groups excluding carboxylic acids is 1. The van der Waals surface area contributed by atoms with Crippen molar-refractivity contribution >= 4 is 5.97 Å². The van der Waals surface area contributed by atoms with Crippen molar-refractivity contribution in [2.24, 2.45) is 5.92 Å². The lowest BCUT2D eigenvalue weighted by Crippen LogP contribution is -2.06. The molecule has 220 valence electrons. The highest BCUT2D eigenvalue weighted by atomic mass is 16.5. The van der Waals surface area contributed by atoms with Gasteiger partial charge < -0.3 is 4.74 Å².